The van der Waals surface area contributed by atoms with E-state index in [1.165, 1.54) is 0 Å². The van der Waals surface area contributed by atoms with Crippen LogP contribution >= 0.6 is 0 Å². The van der Waals surface area contributed by atoms with Gasteiger partial charge in [-0.15, -0.1) is 0 Å². The van der Waals surface area contributed by atoms with Crippen LogP contribution in [-0.4, -0.2) is 42.0 Å². The Morgan fingerprint density at radius 1 is 1.53 bits per heavy atom. The lowest BCUT2D eigenvalue weighted by molar-refractivity contribution is -0.131. The van der Waals surface area contributed by atoms with E-state index in [0.717, 1.165) is 31.5 Å². The van der Waals surface area contributed by atoms with Crippen LogP contribution in [0.15, 0.2) is 24.5 Å². The second-order valence-electron chi connectivity index (χ2n) is 4.54. The molecule has 0 spiro atoms. The van der Waals surface area contributed by atoms with Crippen molar-refractivity contribution in [3.63, 3.8) is 0 Å². The van der Waals surface area contributed by atoms with Crippen molar-refractivity contribution in [1.29, 1.82) is 0 Å². The molecule has 1 unspecified atom stereocenters. The molecule has 1 fully saturated rings. The Balaban J connectivity index is 1.90. The van der Waals surface area contributed by atoms with E-state index in [0.29, 0.717) is 12.5 Å². The lowest BCUT2D eigenvalue weighted by Gasteiger charge is -2.31. The Hall–Kier alpha value is -1.42. The zero-order chi connectivity index (χ0) is 12.1. The highest BCUT2D eigenvalue weighted by molar-refractivity contribution is 5.78. The van der Waals surface area contributed by atoms with Crippen molar-refractivity contribution in [3.05, 3.63) is 30.1 Å². The van der Waals surface area contributed by atoms with Crippen LogP contribution in [0.2, 0.25) is 0 Å². The van der Waals surface area contributed by atoms with Gasteiger partial charge in [0.25, 0.3) is 0 Å². The number of pyridine rings is 1. The molecule has 0 radical (unpaired) electrons. The van der Waals surface area contributed by atoms with Crippen LogP contribution in [0.25, 0.3) is 0 Å². The second kappa shape index (κ2) is 5.77. The van der Waals surface area contributed by atoms with Crippen LogP contribution in [0.1, 0.15) is 18.4 Å². The SMILES string of the molecule is CN(C(=O)Cc1ccncc1)C1CCCNC1. The first-order valence-corrected chi connectivity index (χ1v) is 6.12. The van der Waals surface area contributed by atoms with Gasteiger partial charge in [-0.1, -0.05) is 0 Å². The predicted molar refractivity (Wildman–Crippen MR) is 66.6 cm³/mol. The average molecular weight is 233 g/mol. The summed E-state index contributed by atoms with van der Waals surface area (Å²) in [6.45, 7) is 1.99. The number of nitrogens with zero attached hydrogens (tertiary/aromatic N) is 2. The molecule has 0 saturated carbocycles. The largest absolute Gasteiger partial charge is 0.341 e. The lowest BCUT2D eigenvalue weighted by Crippen LogP contribution is -2.47. The molecule has 0 bridgehead atoms. The molecule has 4 heteroatoms. The van der Waals surface area contributed by atoms with Crippen molar-refractivity contribution in [3.8, 4) is 0 Å². The van der Waals surface area contributed by atoms with Crippen LogP contribution < -0.4 is 5.32 Å². The number of rotatable bonds is 3. The van der Waals surface area contributed by atoms with Crippen molar-refractivity contribution in [2.75, 3.05) is 20.1 Å². The van der Waals surface area contributed by atoms with Crippen LogP contribution in [-0.2, 0) is 11.2 Å². The minimum atomic E-state index is 0.185. The summed E-state index contributed by atoms with van der Waals surface area (Å²) < 4.78 is 0. The molecule has 1 aliphatic rings. The Morgan fingerprint density at radius 3 is 2.94 bits per heavy atom. The molecular formula is C13H19N3O. The number of aromatic nitrogens is 1. The fraction of sp³-hybridized carbons (Fsp3) is 0.538. The molecule has 1 atom stereocenters. The van der Waals surface area contributed by atoms with Gasteiger partial charge in [0.05, 0.1) is 6.42 Å². The van der Waals surface area contributed by atoms with E-state index in [1.807, 2.05) is 24.1 Å². The molecule has 2 heterocycles. The van der Waals surface area contributed by atoms with E-state index >= 15 is 0 Å². The first-order chi connectivity index (χ1) is 8.27. The summed E-state index contributed by atoms with van der Waals surface area (Å²) in [5.74, 6) is 0.185. The molecule has 0 aliphatic carbocycles. The standard InChI is InChI=1S/C13H19N3O/c1-16(12-3-2-6-15-10-12)13(17)9-11-4-7-14-8-5-11/h4-5,7-8,12,15H,2-3,6,9-10H2,1H3. The number of amides is 1. The number of hydrogen-bond acceptors (Lipinski definition) is 3. The maximum atomic E-state index is 12.1. The molecule has 1 N–H and O–H groups in total. The third kappa shape index (κ3) is 3.27. The molecule has 0 aromatic carbocycles. The van der Waals surface area contributed by atoms with E-state index in [4.69, 9.17) is 0 Å². The summed E-state index contributed by atoms with van der Waals surface area (Å²) >= 11 is 0. The highest BCUT2D eigenvalue weighted by Crippen LogP contribution is 2.10. The Kier molecular flexibility index (Phi) is 4.09. The molecule has 4 nitrogen and oxygen atoms in total. The fourth-order valence-electron chi connectivity index (χ4n) is 2.17. The average Bonchev–Trinajstić information content (AvgIpc) is 2.40. The third-order valence-corrected chi connectivity index (χ3v) is 3.32. The van der Waals surface area contributed by atoms with Crippen LogP contribution in [0.5, 0.6) is 0 Å². The van der Waals surface area contributed by atoms with Gasteiger partial charge >= 0.3 is 0 Å². The summed E-state index contributed by atoms with van der Waals surface area (Å²) in [5, 5.41) is 3.33. The lowest BCUT2D eigenvalue weighted by atomic mass is 10.1. The summed E-state index contributed by atoms with van der Waals surface area (Å²) in [6, 6.07) is 4.13. The summed E-state index contributed by atoms with van der Waals surface area (Å²) in [6.07, 6.45) is 6.17. The van der Waals surface area contributed by atoms with E-state index in [2.05, 4.69) is 10.3 Å². The number of carbonyl (C=O) groups excluding carboxylic acids is 1. The zero-order valence-corrected chi connectivity index (χ0v) is 10.2. The monoisotopic (exact) mass is 233 g/mol. The van der Waals surface area contributed by atoms with Gasteiger partial charge in [-0.3, -0.25) is 9.78 Å². The van der Waals surface area contributed by atoms with Gasteiger partial charge in [0.1, 0.15) is 0 Å². The van der Waals surface area contributed by atoms with Gasteiger partial charge in [-0.2, -0.15) is 0 Å². The van der Waals surface area contributed by atoms with E-state index in [1.54, 1.807) is 12.4 Å². The molecule has 1 amide bonds. The van der Waals surface area contributed by atoms with E-state index in [9.17, 15) is 4.79 Å². The van der Waals surface area contributed by atoms with Crippen molar-refractivity contribution in [2.24, 2.45) is 0 Å². The number of nitrogens with one attached hydrogen (secondary N) is 1. The molecule has 17 heavy (non-hydrogen) atoms. The van der Waals surface area contributed by atoms with Gasteiger partial charge in [-0.05, 0) is 37.1 Å². The molecule has 1 saturated heterocycles. The van der Waals surface area contributed by atoms with Gasteiger partial charge in [0.15, 0.2) is 0 Å². The minimum absolute atomic E-state index is 0.185. The van der Waals surface area contributed by atoms with Crippen LogP contribution in [0, 0.1) is 0 Å². The Bertz CT molecular complexity index is 360. The van der Waals surface area contributed by atoms with Gasteiger partial charge in [-0.25, -0.2) is 0 Å². The third-order valence-electron chi connectivity index (χ3n) is 3.32. The first-order valence-electron chi connectivity index (χ1n) is 6.12. The molecule has 1 aliphatic heterocycles. The number of piperidine rings is 1. The maximum absolute atomic E-state index is 12.1. The Morgan fingerprint density at radius 2 is 2.29 bits per heavy atom. The smallest absolute Gasteiger partial charge is 0.227 e. The molecule has 92 valence electrons. The molecule has 2 rings (SSSR count). The van der Waals surface area contributed by atoms with Gasteiger partial charge < -0.3 is 10.2 Å². The quantitative estimate of drug-likeness (QED) is 0.841. The van der Waals surface area contributed by atoms with Crippen LogP contribution in [0.3, 0.4) is 0 Å². The molecular weight excluding hydrogens is 214 g/mol. The first kappa shape index (κ1) is 12.0. The Labute approximate surface area is 102 Å². The summed E-state index contributed by atoms with van der Waals surface area (Å²) in [5.41, 5.74) is 1.03. The summed E-state index contributed by atoms with van der Waals surface area (Å²) in [4.78, 5) is 17.9. The van der Waals surface area contributed by atoms with E-state index in [-0.39, 0.29) is 5.91 Å². The van der Waals surface area contributed by atoms with Crippen molar-refractivity contribution in [1.82, 2.24) is 15.2 Å². The number of hydrogen-bond donors (Lipinski definition) is 1. The molecule has 1 aromatic rings. The highest BCUT2D eigenvalue weighted by atomic mass is 16.2. The van der Waals surface area contributed by atoms with Gasteiger partial charge in [0.2, 0.25) is 5.91 Å². The maximum Gasteiger partial charge on any atom is 0.227 e. The number of carbonyl (C=O) groups is 1. The van der Waals surface area contributed by atoms with Crippen LogP contribution in [0.4, 0.5) is 0 Å². The van der Waals surface area contributed by atoms with Crippen molar-refractivity contribution < 1.29 is 4.79 Å². The fourth-order valence-corrected chi connectivity index (χ4v) is 2.17. The summed E-state index contributed by atoms with van der Waals surface area (Å²) in [7, 11) is 1.90. The number of likely N-dealkylation sites (N-methyl/N-ethyl adjacent to an activating group) is 1. The minimum Gasteiger partial charge on any atom is -0.341 e. The molecule has 1 aromatic heterocycles. The second-order valence-corrected chi connectivity index (χ2v) is 4.54. The van der Waals surface area contributed by atoms with E-state index < -0.39 is 0 Å². The predicted octanol–water partition coefficient (Wildman–Crippen LogP) is 0.834. The van der Waals surface area contributed by atoms with Crippen molar-refractivity contribution in [2.45, 2.75) is 25.3 Å². The highest BCUT2D eigenvalue weighted by Gasteiger charge is 2.21. The normalized spacial score (nSPS) is 19.9. The zero-order valence-electron chi connectivity index (χ0n) is 10.2. The van der Waals surface area contributed by atoms with Crippen molar-refractivity contribution >= 4 is 5.91 Å². The van der Waals surface area contributed by atoms with Gasteiger partial charge in [0, 0.05) is 32.0 Å². The topological polar surface area (TPSA) is 45.2 Å².